The zero-order chi connectivity index (χ0) is 12.8. The lowest BCUT2D eigenvalue weighted by Gasteiger charge is -2.26. The Morgan fingerprint density at radius 1 is 1.41 bits per heavy atom. The van der Waals surface area contributed by atoms with Gasteiger partial charge in [-0.05, 0) is 31.0 Å². The third-order valence-corrected chi connectivity index (χ3v) is 3.04. The van der Waals surface area contributed by atoms with Gasteiger partial charge in [0.25, 0.3) is 0 Å². The van der Waals surface area contributed by atoms with Crippen LogP contribution >= 0.6 is 11.6 Å². The highest BCUT2D eigenvalue weighted by atomic mass is 35.5. The minimum absolute atomic E-state index is 0.188. The van der Waals surface area contributed by atoms with E-state index in [9.17, 15) is 0 Å². The van der Waals surface area contributed by atoms with E-state index in [2.05, 4.69) is 18.8 Å². The molecular formula is C13H20ClN3. The van der Waals surface area contributed by atoms with Crippen LogP contribution in [0.5, 0.6) is 0 Å². The van der Waals surface area contributed by atoms with E-state index in [1.807, 2.05) is 36.2 Å². The van der Waals surface area contributed by atoms with Gasteiger partial charge in [-0.15, -0.1) is 0 Å². The number of guanidine groups is 1. The Bertz CT molecular complexity index is 373. The first-order valence-electron chi connectivity index (χ1n) is 5.84. The van der Waals surface area contributed by atoms with Gasteiger partial charge in [0.2, 0.25) is 0 Å². The molecule has 0 spiro atoms. The van der Waals surface area contributed by atoms with Crippen molar-refractivity contribution in [1.82, 2.24) is 4.90 Å². The molecular weight excluding hydrogens is 234 g/mol. The molecule has 2 N–H and O–H groups in total. The third kappa shape index (κ3) is 3.93. The first kappa shape index (κ1) is 13.8. The van der Waals surface area contributed by atoms with E-state index in [1.54, 1.807) is 0 Å². The molecule has 1 unspecified atom stereocenters. The summed E-state index contributed by atoms with van der Waals surface area (Å²) < 4.78 is 0. The highest BCUT2D eigenvalue weighted by Crippen LogP contribution is 2.20. The lowest BCUT2D eigenvalue weighted by molar-refractivity contribution is 0.396. The summed E-state index contributed by atoms with van der Waals surface area (Å²) in [7, 11) is 1.95. The standard InChI is InChI=1S/C13H20ClN3/c1-4-9-16-13(15)17(3)10(2)11-5-7-12(14)8-6-11/h5-8,10H,4,9H2,1-3H3,(H2,15,16). The van der Waals surface area contributed by atoms with E-state index in [1.165, 1.54) is 5.56 Å². The number of benzene rings is 1. The number of hydrogen-bond donors (Lipinski definition) is 1. The fraction of sp³-hybridized carbons (Fsp3) is 0.462. The van der Waals surface area contributed by atoms with Gasteiger partial charge in [-0.2, -0.15) is 0 Å². The molecule has 4 heteroatoms. The maximum absolute atomic E-state index is 5.92. The predicted octanol–water partition coefficient (Wildman–Crippen LogP) is 3.06. The lowest BCUT2D eigenvalue weighted by atomic mass is 10.1. The van der Waals surface area contributed by atoms with E-state index in [-0.39, 0.29) is 6.04 Å². The maximum Gasteiger partial charge on any atom is 0.191 e. The van der Waals surface area contributed by atoms with Crippen LogP contribution in [0.4, 0.5) is 0 Å². The molecule has 17 heavy (non-hydrogen) atoms. The number of nitrogens with zero attached hydrogens (tertiary/aromatic N) is 2. The molecule has 0 aromatic heterocycles. The summed E-state index contributed by atoms with van der Waals surface area (Å²) in [6, 6.07) is 7.99. The van der Waals surface area contributed by atoms with Crippen molar-refractivity contribution in [3.05, 3.63) is 34.9 Å². The lowest BCUT2D eigenvalue weighted by Crippen LogP contribution is -2.36. The van der Waals surface area contributed by atoms with E-state index >= 15 is 0 Å². The zero-order valence-electron chi connectivity index (χ0n) is 10.7. The monoisotopic (exact) mass is 253 g/mol. The molecule has 1 atom stereocenters. The van der Waals surface area contributed by atoms with Gasteiger partial charge in [0.15, 0.2) is 5.96 Å². The highest BCUT2D eigenvalue weighted by molar-refractivity contribution is 6.30. The smallest absolute Gasteiger partial charge is 0.191 e. The summed E-state index contributed by atoms with van der Waals surface area (Å²) in [5.74, 6) is 0.578. The van der Waals surface area contributed by atoms with Crippen LogP contribution in [0.15, 0.2) is 29.3 Å². The first-order chi connectivity index (χ1) is 8.06. The van der Waals surface area contributed by atoms with Crippen molar-refractivity contribution in [1.29, 1.82) is 0 Å². The van der Waals surface area contributed by atoms with E-state index in [0.717, 1.165) is 18.0 Å². The van der Waals surface area contributed by atoms with Crippen LogP contribution in [-0.4, -0.2) is 24.5 Å². The summed E-state index contributed by atoms with van der Waals surface area (Å²) >= 11 is 5.86. The van der Waals surface area contributed by atoms with Gasteiger partial charge in [0.05, 0.1) is 6.04 Å². The number of nitrogens with two attached hydrogens (primary N) is 1. The van der Waals surface area contributed by atoms with Gasteiger partial charge in [-0.3, -0.25) is 4.99 Å². The van der Waals surface area contributed by atoms with E-state index in [4.69, 9.17) is 17.3 Å². The van der Waals surface area contributed by atoms with Crippen molar-refractivity contribution >= 4 is 17.6 Å². The maximum atomic E-state index is 5.92. The van der Waals surface area contributed by atoms with Crippen molar-refractivity contribution in [2.45, 2.75) is 26.3 Å². The second-order valence-corrected chi connectivity index (χ2v) is 4.51. The first-order valence-corrected chi connectivity index (χ1v) is 6.22. The van der Waals surface area contributed by atoms with Gasteiger partial charge in [0, 0.05) is 18.6 Å². The average Bonchev–Trinajstić information content (AvgIpc) is 2.35. The molecule has 0 radical (unpaired) electrons. The van der Waals surface area contributed by atoms with Crippen LogP contribution < -0.4 is 5.73 Å². The van der Waals surface area contributed by atoms with Crippen molar-refractivity contribution < 1.29 is 0 Å². The van der Waals surface area contributed by atoms with Gasteiger partial charge >= 0.3 is 0 Å². The second-order valence-electron chi connectivity index (χ2n) is 4.08. The zero-order valence-corrected chi connectivity index (χ0v) is 11.4. The second kappa shape index (κ2) is 6.50. The number of hydrogen-bond acceptors (Lipinski definition) is 1. The highest BCUT2D eigenvalue weighted by Gasteiger charge is 2.13. The van der Waals surface area contributed by atoms with E-state index in [0.29, 0.717) is 5.96 Å². The van der Waals surface area contributed by atoms with Gasteiger partial charge in [0.1, 0.15) is 0 Å². The molecule has 0 aliphatic carbocycles. The average molecular weight is 254 g/mol. The molecule has 0 bridgehead atoms. The topological polar surface area (TPSA) is 41.6 Å². The predicted molar refractivity (Wildman–Crippen MR) is 74.4 cm³/mol. The largest absolute Gasteiger partial charge is 0.370 e. The van der Waals surface area contributed by atoms with Crippen molar-refractivity contribution in [3.63, 3.8) is 0 Å². The number of halogens is 1. The van der Waals surface area contributed by atoms with Gasteiger partial charge in [-0.25, -0.2) is 0 Å². The third-order valence-electron chi connectivity index (χ3n) is 2.79. The van der Waals surface area contributed by atoms with Crippen LogP contribution in [0.1, 0.15) is 31.9 Å². The molecule has 1 aromatic carbocycles. The Labute approximate surface area is 108 Å². The van der Waals surface area contributed by atoms with Crippen LogP contribution in [-0.2, 0) is 0 Å². The SMILES string of the molecule is CCCN=C(N)N(C)C(C)c1ccc(Cl)cc1. The quantitative estimate of drug-likeness (QED) is 0.662. The van der Waals surface area contributed by atoms with Gasteiger partial charge in [-0.1, -0.05) is 30.7 Å². The van der Waals surface area contributed by atoms with E-state index < -0.39 is 0 Å². The minimum Gasteiger partial charge on any atom is -0.370 e. The molecule has 0 saturated heterocycles. The molecule has 0 saturated carbocycles. The Kier molecular flexibility index (Phi) is 5.29. The Morgan fingerprint density at radius 3 is 2.53 bits per heavy atom. The minimum atomic E-state index is 0.188. The van der Waals surface area contributed by atoms with Crippen LogP contribution in [0.3, 0.4) is 0 Å². The molecule has 0 heterocycles. The molecule has 0 fully saturated rings. The Hall–Kier alpha value is -1.22. The molecule has 1 rings (SSSR count). The molecule has 3 nitrogen and oxygen atoms in total. The summed E-state index contributed by atoms with van der Waals surface area (Å²) in [6.45, 7) is 4.94. The summed E-state index contributed by atoms with van der Waals surface area (Å²) in [5.41, 5.74) is 7.09. The van der Waals surface area contributed by atoms with Crippen molar-refractivity contribution in [2.24, 2.45) is 10.7 Å². The van der Waals surface area contributed by atoms with Gasteiger partial charge < -0.3 is 10.6 Å². The van der Waals surface area contributed by atoms with Crippen LogP contribution in [0.2, 0.25) is 5.02 Å². The summed E-state index contributed by atoms with van der Waals surface area (Å²) in [6.07, 6.45) is 1.00. The molecule has 94 valence electrons. The molecule has 0 aliphatic rings. The van der Waals surface area contributed by atoms with Crippen LogP contribution in [0, 0.1) is 0 Å². The molecule has 1 aromatic rings. The molecule has 0 amide bonds. The summed E-state index contributed by atoms with van der Waals surface area (Å²) in [4.78, 5) is 6.27. The fourth-order valence-corrected chi connectivity index (χ4v) is 1.63. The fourth-order valence-electron chi connectivity index (χ4n) is 1.50. The Balaban J connectivity index is 2.75. The summed E-state index contributed by atoms with van der Waals surface area (Å²) in [5, 5.41) is 0.747. The number of rotatable bonds is 4. The normalized spacial score (nSPS) is 13.5. The van der Waals surface area contributed by atoms with Crippen molar-refractivity contribution in [2.75, 3.05) is 13.6 Å². The van der Waals surface area contributed by atoms with Crippen molar-refractivity contribution in [3.8, 4) is 0 Å². The van der Waals surface area contributed by atoms with Crippen LogP contribution in [0.25, 0.3) is 0 Å². The number of aliphatic imine (C=N–C) groups is 1. The Morgan fingerprint density at radius 2 is 2.00 bits per heavy atom. The molecule has 0 aliphatic heterocycles.